The highest BCUT2D eigenvalue weighted by molar-refractivity contribution is 7.92. The van der Waals surface area contributed by atoms with Gasteiger partial charge in [0, 0.05) is 35.1 Å². The van der Waals surface area contributed by atoms with Gasteiger partial charge in [-0.1, -0.05) is 91.6 Å². The lowest BCUT2D eigenvalue weighted by molar-refractivity contribution is -0.140. The number of para-hydroxylation sites is 1. The summed E-state index contributed by atoms with van der Waals surface area (Å²) < 4.78 is 27.2. The Morgan fingerprint density at radius 1 is 0.900 bits per heavy atom. The first kappa shape index (κ1) is 31.5. The standard InChI is InChI=1S/C30H35Cl2N3O4S/c1-5-33-30(37)28(18-22-12-7-6-8-13-22)34(19-24-25(31)15-11-16-26(24)32)29(36)20-35(40(4,38)39)27-17-10-9-14-23(27)21(2)3/h6-17,21,28H,5,18-20H2,1-4H3,(H,33,37)/t28-/m1/s1. The number of rotatable bonds is 12. The summed E-state index contributed by atoms with van der Waals surface area (Å²) in [4.78, 5) is 29.0. The van der Waals surface area contributed by atoms with Crippen molar-refractivity contribution in [2.24, 2.45) is 0 Å². The molecule has 0 aliphatic heterocycles. The third-order valence-electron chi connectivity index (χ3n) is 6.52. The Morgan fingerprint density at radius 3 is 2.08 bits per heavy atom. The summed E-state index contributed by atoms with van der Waals surface area (Å²) in [7, 11) is -3.87. The maximum absolute atomic E-state index is 14.2. The molecule has 0 aliphatic carbocycles. The minimum absolute atomic E-state index is 0.00903. The van der Waals surface area contributed by atoms with Crippen molar-refractivity contribution in [2.45, 2.75) is 45.7 Å². The fourth-order valence-electron chi connectivity index (χ4n) is 4.50. The average molecular weight is 605 g/mol. The van der Waals surface area contributed by atoms with E-state index >= 15 is 0 Å². The highest BCUT2D eigenvalue weighted by Gasteiger charge is 2.34. The van der Waals surface area contributed by atoms with Crippen LogP contribution in [0.25, 0.3) is 0 Å². The summed E-state index contributed by atoms with van der Waals surface area (Å²) in [6, 6.07) is 20.5. The molecule has 0 spiro atoms. The minimum atomic E-state index is -3.87. The third-order valence-corrected chi connectivity index (χ3v) is 8.35. The van der Waals surface area contributed by atoms with Crippen LogP contribution in [-0.2, 0) is 32.6 Å². The number of carbonyl (C=O) groups is 2. The van der Waals surface area contributed by atoms with E-state index in [4.69, 9.17) is 23.2 Å². The van der Waals surface area contributed by atoms with E-state index in [0.29, 0.717) is 27.8 Å². The van der Waals surface area contributed by atoms with Crippen molar-refractivity contribution in [2.75, 3.05) is 23.7 Å². The molecule has 0 bridgehead atoms. The third kappa shape index (κ3) is 7.99. The summed E-state index contributed by atoms with van der Waals surface area (Å²) in [6.07, 6.45) is 1.28. The Morgan fingerprint density at radius 2 is 1.50 bits per heavy atom. The number of carbonyl (C=O) groups excluding carboxylic acids is 2. The Bertz CT molecular complexity index is 1410. The molecule has 40 heavy (non-hydrogen) atoms. The topological polar surface area (TPSA) is 86.8 Å². The van der Waals surface area contributed by atoms with E-state index < -0.39 is 28.5 Å². The first-order valence-corrected chi connectivity index (χ1v) is 15.6. The molecule has 0 radical (unpaired) electrons. The fraction of sp³-hybridized carbons (Fsp3) is 0.333. The molecule has 0 aliphatic rings. The number of sulfonamides is 1. The van der Waals surface area contributed by atoms with Crippen LogP contribution in [0.15, 0.2) is 72.8 Å². The Kier molecular flexibility index (Phi) is 11.0. The van der Waals surface area contributed by atoms with Gasteiger partial charge in [-0.3, -0.25) is 13.9 Å². The number of benzene rings is 3. The molecular formula is C30H35Cl2N3O4S. The van der Waals surface area contributed by atoms with Crippen LogP contribution in [-0.4, -0.2) is 50.5 Å². The van der Waals surface area contributed by atoms with Crippen molar-refractivity contribution in [3.63, 3.8) is 0 Å². The van der Waals surface area contributed by atoms with Gasteiger partial charge in [-0.2, -0.15) is 0 Å². The largest absolute Gasteiger partial charge is 0.355 e. The molecule has 3 aromatic rings. The second-order valence-electron chi connectivity index (χ2n) is 9.81. The average Bonchev–Trinajstić information content (AvgIpc) is 2.90. The normalized spacial score (nSPS) is 12.2. The van der Waals surface area contributed by atoms with Gasteiger partial charge in [-0.25, -0.2) is 8.42 Å². The molecule has 10 heteroatoms. The number of nitrogens with one attached hydrogen (secondary N) is 1. The summed E-state index contributed by atoms with van der Waals surface area (Å²) in [5, 5.41) is 3.50. The number of hydrogen-bond acceptors (Lipinski definition) is 4. The maximum Gasteiger partial charge on any atom is 0.244 e. The van der Waals surface area contributed by atoms with Crippen LogP contribution in [0.5, 0.6) is 0 Å². The van der Waals surface area contributed by atoms with Crippen LogP contribution in [0, 0.1) is 0 Å². The van der Waals surface area contributed by atoms with Crippen LogP contribution in [0.2, 0.25) is 10.0 Å². The van der Waals surface area contributed by atoms with Gasteiger partial charge in [0.25, 0.3) is 0 Å². The molecule has 0 saturated heterocycles. The molecule has 0 unspecified atom stereocenters. The highest BCUT2D eigenvalue weighted by Crippen LogP contribution is 2.31. The molecule has 0 fully saturated rings. The van der Waals surface area contributed by atoms with Gasteiger partial charge in [0.15, 0.2) is 0 Å². The number of amides is 2. The quantitative estimate of drug-likeness (QED) is 0.289. The molecule has 3 aromatic carbocycles. The molecule has 1 atom stereocenters. The maximum atomic E-state index is 14.2. The Labute approximate surface area is 247 Å². The van der Waals surface area contributed by atoms with Gasteiger partial charge in [0.2, 0.25) is 21.8 Å². The van der Waals surface area contributed by atoms with E-state index in [2.05, 4.69) is 5.32 Å². The van der Waals surface area contributed by atoms with Gasteiger partial charge in [0.05, 0.1) is 11.9 Å². The predicted octanol–water partition coefficient (Wildman–Crippen LogP) is 5.66. The zero-order chi connectivity index (χ0) is 29.4. The fourth-order valence-corrected chi connectivity index (χ4v) is 5.88. The van der Waals surface area contributed by atoms with Crippen molar-refractivity contribution < 1.29 is 18.0 Å². The molecule has 1 N–H and O–H groups in total. The smallest absolute Gasteiger partial charge is 0.244 e. The molecule has 0 heterocycles. The number of likely N-dealkylation sites (N-methyl/N-ethyl adjacent to an activating group) is 1. The van der Waals surface area contributed by atoms with Crippen LogP contribution >= 0.6 is 23.2 Å². The summed E-state index contributed by atoms with van der Waals surface area (Å²) in [5.74, 6) is -0.918. The van der Waals surface area contributed by atoms with Crippen molar-refractivity contribution in [3.8, 4) is 0 Å². The van der Waals surface area contributed by atoms with Gasteiger partial charge in [-0.15, -0.1) is 0 Å². The zero-order valence-electron chi connectivity index (χ0n) is 23.1. The molecule has 0 aromatic heterocycles. The number of anilines is 1. The van der Waals surface area contributed by atoms with Crippen LogP contribution < -0.4 is 9.62 Å². The highest BCUT2D eigenvalue weighted by atomic mass is 35.5. The van der Waals surface area contributed by atoms with E-state index in [1.54, 1.807) is 37.3 Å². The Balaban J connectivity index is 2.12. The summed E-state index contributed by atoms with van der Waals surface area (Å²) >= 11 is 13.0. The molecule has 2 amide bonds. The summed E-state index contributed by atoms with van der Waals surface area (Å²) in [5.41, 5.74) is 2.51. The van der Waals surface area contributed by atoms with Crippen LogP contribution in [0.3, 0.4) is 0 Å². The second-order valence-corrected chi connectivity index (χ2v) is 12.5. The lowest BCUT2D eigenvalue weighted by atomic mass is 10.0. The lowest BCUT2D eigenvalue weighted by Gasteiger charge is -2.34. The van der Waals surface area contributed by atoms with E-state index in [9.17, 15) is 18.0 Å². The van der Waals surface area contributed by atoms with Crippen molar-refractivity contribution in [1.82, 2.24) is 10.2 Å². The SMILES string of the molecule is CCNC(=O)[C@@H](Cc1ccccc1)N(Cc1c(Cl)cccc1Cl)C(=O)CN(c1ccccc1C(C)C)S(C)(=O)=O. The van der Waals surface area contributed by atoms with Crippen molar-refractivity contribution in [1.29, 1.82) is 0 Å². The number of hydrogen-bond donors (Lipinski definition) is 1. The molecule has 3 rings (SSSR count). The van der Waals surface area contributed by atoms with Crippen molar-refractivity contribution in [3.05, 3.63) is 99.5 Å². The molecule has 7 nitrogen and oxygen atoms in total. The predicted molar refractivity (Wildman–Crippen MR) is 162 cm³/mol. The van der Waals surface area contributed by atoms with E-state index in [1.165, 1.54) is 4.90 Å². The van der Waals surface area contributed by atoms with E-state index in [-0.39, 0.29) is 24.8 Å². The lowest BCUT2D eigenvalue weighted by Crippen LogP contribution is -2.53. The first-order chi connectivity index (χ1) is 18.9. The Hall–Kier alpha value is -3.07. The van der Waals surface area contributed by atoms with E-state index in [1.807, 2.05) is 56.3 Å². The van der Waals surface area contributed by atoms with Gasteiger partial charge in [-0.05, 0) is 42.2 Å². The van der Waals surface area contributed by atoms with Gasteiger partial charge >= 0.3 is 0 Å². The molecule has 0 saturated carbocycles. The van der Waals surface area contributed by atoms with E-state index in [0.717, 1.165) is 21.7 Å². The monoisotopic (exact) mass is 603 g/mol. The van der Waals surface area contributed by atoms with Crippen LogP contribution in [0.1, 0.15) is 43.4 Å². The van der Waals surface area contributed by atoms with Crippen LogP contribution in [0.4, 0.5) is 5.69 Å². The van der Waals surface area contributed by atoms with Gasteiger partial charge in [0.1, 0.15) is 12.6 Å². The number of nitrogens with zero attached hydrogens (tertiary/aromatic N) is 2. The first-order valence-electron chi connectivity index (χ1n) is 13.0. The zero-order valence-corrected chi connectivity index (χ0v) is 25.4. The second kappa shape index (κ2) is 14.0. The van der Waals surface area contributed by atoms with Crippen molar-refractivity contribution >= 4 is 50.7 Å². The molecule has 214 valence electrons. The minimum Gasteiger partial charge on any atom is -0.355 e. The molecular weight excluding hydrogens is 569 g/mol. The van der Waals surface area contributed by atoms with Gasteiger partial charge < -0.3 is 10.2 Å². The number of halogens is 2. The summed E-state index contributed by atoms with van der Waals surface area (Å²) in [6.45, 7) is 5.47.